The quantitative estimate of drug-likeness (QED) is 0.449. The molecule has 182 valence electrons. The molecule has 3 aromatic rings. The normalized spacial score (nSPS) is 15.5. The first-order valence-corrected chi connectivity index (χ1v) is 12.3. The van der Waals surface area contributed by atoms with Crippen LogP contribution in [0, 0.1) is 0 Å². The van der Waals surface area contributed by atoms with E-state index in [4.69, 9.17) is 25.8 Å². The minimum absolute atomic E-state index is 0.200. The van der Waals surface area contributed by atoms with Gasteiger partial charge in [-0.3, -0.25) is 9.36 Å². The zero-order chi connectivity index (χ0) is 25.1. The van der Waals surface area contributed by atoms with Crippen LogP contribution in [-0.4, -0.2) is 30.9 Å². The first-order valence-electron chi connectivity index (χ1n) is 11.1. The molecule has 7 nitrogen and oxygen atoms in total. The Balaban J connectivity index is 1.98. The average molecular weight is 513 g/mol. The number of halogens is 1. The molecular formula is C26H25ClN2O5S. The highest BCUT2D eigenvalue weighted by Crippen LogP contribution is 2.36. The van der Waals surface area contributed by atoms with Gasteiger partial charge in [-0.25, -0.2) is 9.79 Å². The molecule has 4 rings (SSSR count). The predicted octanol–water partition coefficient (Wildman–Crippen LogP) is 3.86. The number of ether oxygens (including phenoxy) is 3. The van der Waals surface area contributed by atoms with Crippen LogP contribution in [0.3, 0.4) is 0 Å². The summed E-state index contributed by atoms with van der Waals surface area (Å²) in [5, 5.41) is 0.537. The van der Waals surface area contributed by atoms with Crippen molar-refractivity contribution in [2.24, 2.45) is 4.99 Å². The molecule has 0 fully saturated rings. The van der Waals surface area contributed by atoms with Crippen LogP contribution in [0.1, 0.15) is 37.9 Å². The number of hydrogen-bond donors (Lipinski definition) is 0. The molecule has 0 amide bonds. The molecule has 0 radical (unpaired) electrons. The molecule has 2 heterocycles. The van der Waals surface area contributed by atoms with Gasteiger partial charge in [0.2, 0.25) is 0 Å². The number of fused-ring (bicyclic) bond motifs is 1. The summed E-state index contributed by atoms with van der Waals surface area (Å²) in [7, 11) is 1.56. The lowest BCUT2D eigenvalue weighted by molar-refractivity contribution is -0.139. The Morgan fingerprint density at radius 3 is 2.63 bits per heavy atom. The van der Waals surface area contributed by atoms with E-state index in [2.05, 4.69) is 4.99 Å². The number of thiazole rings is 1. The van der Waals surface area contributed by atoms with Gasteiger partial charge >= 0.3 is 5.97 Å². The second kappa shape index (κ2) is 10.5. The number of esters is 1. The van der Waals surface area contributed by atoms with Crippen LogP contribution in [0.4, 0.5) is 0 Å². The maximum atomic E-state index is 13.7. The van der Waals surface area contributed by atoms with Crippen molar-refractivity contribution in [3.8, 4) is 11.5 Å². The SMILES string of the molecule is CCOC(=O)C1=C(C)N=c2sc(=Cc3ccccc3Cl)c(=O)n2[C@@H]1c1ccc(OC)c(OCC)c1. The van der Waals surface area contributed by atoms with Crippen LogP contribution in [0.15, 0.2) is 63.5 Å². The molecule has 9 heteroatoms. The fraction of sp³-hybridized carbons (Fsp3) is 0.269. The second-order valence-electron chi connectivity index (χ2n) is 7.67. The van der Waals surface area contributed by atoms with E-state index in [0.29, 0.717) is 49.3 Å². The van der Waals surface area contributed by atoms with Crippen LogP contribution >= 0.6 is 22.9 Å². The number of benzene rings is 2. The van der Waals surface area contributed by atoms with E-state index in [1.54, 1.807) is 45.2 Å². The van der Waals surface area contributed by atoms with Crippen molar-refractivity contribution in [3.05, 3.63) is 89.6 Å². The number of rotatable bonds is 7. The summed E-state index contributed by atoms with van der Waals surface area (Å²) in [5.74, 6) is 0.552. The maximum Gasteiger partial charge on any atom is 0.338 e. The van der Waals surface area contributed by atoms with Crippen molar-refractivity contribution in [3.63, 3.8) is 0 Å². The number of hydrogen-bond acceptors (Lipinski definition) is 7. The number of carbonyl (C=O) groups excluding carboxylic acids is 1. The van der Waals surface area contributed by atoms with Crippen molar-refractivity contribution >= 4 is 35.0 Å². The van der Waals surface area contributed by atoms with E-state index >= 15 is 0 Å². The van der Waals surface area contributed by atoms with Crippen LogP contribution in [0.5, 0.6) is 11.5 Å². The molecule has 0 spiro atoms. The topological polar surface area (TPSA) is 79.1 Å². The third kappa shape index (κ3) is 4.76. The van der Waals surface area contributed by atoms with Crippen molar-refractivity contribution in [2.45, 2.75) is 26.8 Å². The molecular weight excluding hydrogens is 488 g/mol. The van der Waals surface area contributed by atoms with Gasteiger partial charge < -0.3 is 14.2 Å². The first kappa shape index (κ1) is 24.8. The Labute approximate surface area is 211 Å². The van der Waals surface area contributed by atoms with Gasteiger partial charge in [0.25, 0.3) is 5.56 Å². The molecule has 0 saturated carbocycles. The molecule has 0 unspecified atom stereocenters. The molecule has 0 aliphatic carbocycles. The molecule has 1 aliphatic heterocycles. The largest absolute Gasteiger partial charge is 0.493 e. The fourth-order valence-electron chi connectivity index (χ4n) is 3.97. The monoisotopic (exact) mass is 512 g/mol. The Morgan fingerprint density at radius 1 is 1.17 bits per heavy atom. The number of aromatic nitrogens is 1. The number of methoxy groups -OCH3 is 1. The van der Waals surface area contributed by atoms with Crippen LogP contribution in [0.2, 0.25) is 5.02 Å². The van der Waals surface area contributed by atoms with Crippen molar-refractivity contribution in [1.29, 1.82) is 0 Å². The number of nitrogens with zero attached hydrogens (tertiary/aromatic N) is 2. The highest BCUT2D eigenvalue weighted by atomic mass is 35.5. The summed E-state index contributed by atoms with van der Waals surface area (Å²) in [6.07, 6.45) is 1.74. The van der Waals surface area contributed by atoms with Crippen molar-refractivity contribution < 1.29 is 19.0 Å². The van der Waals surface area contributed by atoms with E-state index in [1.807, 2.05) is 31.2 Å². The lowest BCUT2D eigenvalue weighted by Crippen LogP contribution is -2.40. The van der Waals surface area contributed by atoms with E-state index in [9.17, 15) is 9.59 Å². The standard InChI is InChI=1S/C26H25ClN2O5S/c1-5-33-20-13-17(11-12-19(20)32-4)23-22(25(31)34-6-2)15(3)28-26-29(23)24(30)21(35-26)14-16-9-7-8-10-18(16)27/h7-14,23H,5-6H2,1-4H3/t23-/m1/s1. The zero-order valence-electron chi connectivity index (χ0n) is 19.8. The third-order valence-corrected chi connectivity index (χ3v) is 6.84. The lowest BCUT2D eigenvalue weighted by Gasteiger charge is -2.25. The molecule has 2 aromatic carbocycles. The molecule has 0 N–H and O–H groups in total. The van der Waals surface area contributed by atoms with Crippen LogP contribution in [-0.2, 0) is 9.53 Å². The van der Waals surface area contributed by atoms with Gasteiger partial charge in [-0.2, -0.15) is 0 Å². The Kier molecular flexibility index (Phi) is 7.42. The van der Waals surface area contributed by atoms with Gasteiger partial charge in [0, 0.05) is 5.02 Å². The predicted molar refractivity (Wildman–Crippen MR) is 136 cm³/mol. The Hall–Kier alpha value is -3.36. The van der Waals surface area contributed by atoms with Crippen LogP contribution < -0.4 is 24.4 Å². The molecule has 1 aliphatic rings. The van der Waals surface area contributed by atoms with Gasteiger partial charge in [0.15, 0.2) is 16.3 Å². The van der Waals surface area contributed by atoms with E-state index in [-0.39, 0.29) is 12.2 Å². The second-order valence-corrected chi connectivity index (χ2v) is 9.08. The highest BCUT2D eigenvalue weighted by molar-refractivity contribution is 7.07. The van der Waals surface area contributed by atoms with Gasteiger partial charge in [-0.05, 0) is 56.2 Å². The Morgan fingerprint density at radius 2 is 1.94 bits per heavy atom. The summed E-state index contributed by atoms with van der Waals surface area (Å²) < 4.78 is 18.5. The average Bonchev–Trinajstić information content (AvgIpc) is 3.14. The van der Waals surface area contributed by atoms with E-state index < -0.39 is 12.0 Å². The summed E-state index contributed by atoms with van der Waals surface area (Å²) in [6.45, 7) is 5.99. The maximum absolute atomic E-state index is 13.7. The number of allylic oxidation sites excluding steroid dienone is 1. The van der Waals surface area contributed by atoms with Crippen LogP contribution in [0.25, 0.3) is 6.08 Å². The smallest absolute Gasteiger partial charge is 0.338 e. The zero-order valence-corrected chi connectivity index (χ0v) is 21.4. The first-order chi connectivity index (χ1) is 16.9. The minimum Gasteiger partial charge on any atom is -0.493 e. The number of carbonyl (C=O) groups is 1. The van der Waals surface area contributed by atoms with Crippen molar-refractivity contribution in [2.75, 3.05) is 20.3 Å². The molecule has 1 atom stereocenters. The Bertz CT molecular complexity index is 1490. The fourth-order valence-corrected chi connectivity index (χ4v) is 5.20. The van der Waals surface area contributed by atoms with Gasteiger partial charge in [-0.15, -0.1) is 0 Å². The third-order valence-electron chi connectivity index (χ3n) is 5.51. The highest BCUT2D eigenvalue weighted by Gasteiger charge is 2.34. The summed E-state index contributed by atoms with van der Waals surface area (Å²) >= 11 is 7.57. The summed E-state index contributed by atoms with van der Waals surface area (Å²) in [4.78, 5) is 31.8. The van der Waals surface area contributed by atoms with Gasteiger partial charge in [-0.1, -0.05) is 47.2 Å². The van der Waals surface area contributed by atoms with Gasteiger partial charge in [0.05, 0.1) is 42.2 Å². The van der Waals surface area contributed by atoms with Gasteiger partial charge in [0.1, 0.15) is 0 Å². The lowest BCUT2D eigenvalue weighted by atomic mass is 9.95. The van der Waals surface area contributed by atoms with E-state index in [0.717, 1.165) is 5.56 Å². The molecule has 0 bridgehead atoms. The van der Waals surface area contributed by atoms with Crippen molar-refractivity contribution in [1.82, 2.24) is 4.57 Å². The summed E-state index contributed by atoms with van der Waals surface area (Å²) in [5.41, 5.74) is 1.92. The van der Waals surface area contributed by atoms with E-state index in [1.165, 1.54) is 15.9 Å². The molecule has 0 saturated heterocycles. The summed E-state index contributed by atoms with van der Waals surface area (Å²) in [6, 6.07) is 11.9. The minimum atomic E-state index is -0.746. The molecule has 35 heavy (non-hydrogen) atoms. The molecule has 1 aromatic heterocycles.